The number of thioether (sulfide) groups is 1. The van der Waals surface area contributed by atoms with Crippen molar-refractivity contribution in [2.45, 2.75) is 24.5 Å². The molecule has 3 aromatic rings. The number of aromatic nitrogens is 1. The topological polar surface area (TPSA) is 71.1 Å². The number of anilines is 1. The molecule has 0 fully saturated rings. The summed E-state index contributed by atoms with van der Waals surface area (Å²) in [6.07, 6.45) is 1.69. The molecule has 0 bridgehead atoms. The predicted molar refractivity (Wildman–Crippen MR) is 118 cm³/mol. The molecule has 5 nitrogen and oxygen atoms in total. The average Bonchev–Trinajstić information content (AvgIpc) is 2.77. The summed E-state index contributed by atoms with van der Waals surface area (Å²) in [5, 5.41) is 5.52. The largest absolute Gasteiger partial charge is 0.346 e. The quantitative estimate of drug-likeness (QED) is 0.587. The van der Waals surface area contributed by atoms with Crippen LogP contribution in [0, 0.1) is 0 Å². The number of rotatable bonds is 8. The minimum Gasteiger partial charge on any atom is -0.346 e. The molecule has 6 heteroatoms. The maximum absolute atomic E-state index is 12.5. The fraction of sp³-hybridized carbons (Fsp3) is 0.174. The molecule has 0 radical (unpaired) electrons. The lowest BCUT2D eigenvalue weighted by Gasteiger charge is -2.13. The molecule has 2 aromatic carbocycles. The van der Waals surface area contributed by atoms with E-state index in [1.54, 1.807) is 42.2 Å². The molecular weight excluding hydrogens is 382 g/mol. The second kappa shape index (κ2) is 10.4. The van der Waals surface area contributed by atoms with E-state index in [4.69, 9.17) is 0 Å². The average molecular weight is 406 g/mol. The van der Waals surface area contributed by atoms with Gasteiger partial charge < -0.3 is 10.6 Å². The summed E-state index contributed by atoms with van der Waals surface area (Å²) in [6, 6.07) is 22.5. The van der Waals surface area contributed by atoms with Gasteiger partial charge in [-0.2, -0.15) is 0 Å². The predicted octanol–water partition coefficient (Wildman–Crippen LogP) is 4.27. The van der Waals surface area contributed by atoms with Gasteiger partial charge in [0.05, 0.1) is 17.5 Å². The molecule has 0 saturated carbocycles. The lowest BCUT2D eigenvalue weighted by Crippen LogP contribution is -2.24. The van der Waals surface area contributed by atoms with Crippen LogP contribution in [0.15, 0.2) is 79.0 Å². The van der Waals surface area contributed by atoms with Gasteiger partial charge in [-0.15, -0.1) is 11.8 Å². The first kappa shape index (κ1) is 20.6. The van der Waals surface area contributed by atoms with Gasteiger partial charge in [0.2, 0.25) is 5.91 Å². The van der Waals surface area contributed by atoms with Crippen molar-refractivity contribution in [2.75, 3.05) is 5.32 Å². The number of carbonyl (C=O) groups is 2. The van der Waals surface area contributed by atoms with E-state index in [2.05, 4.69) is 15.6 Å². The Hall–Kier alpha value is -3.12. The van der Waals surface area contributed by atoms with E-state index in [1.165, 1.54) is 5.56 Å². The van der Waals surface area contributed by atoms with Crippen LogP contribution in [0.4, 0.5) is 5.69 Å². The van der Waals surface area contributed by atoms with E-state index < -0.39 is 0 Å². The minimum atomic E-state index is -0.211. The van der Waals surface area contributed by atoms with Crippen molar-refractivity contribution < 1.29 is 9.59 Å². The molecule has 29 heavy (non-hydrogen) atoms. The number of benzene rings is 2. The van der Waals surface area contributed by atoms with Crippen molar-refractivity contribution >= 4 is 29.3 Å². The van der Waals surface area contributed by atoms with E-state index in [1.807, 2.05) is 55.5 Å². The molecular formula is C23H23N3O2S. The Morgan fingerprint density at radius 2 is 1.79 bits per heavy atom. The van der Waals surface area contributed by atoms with E-state index in [-0.39, 0.29) is 17.1 Å². The molecule has 0 spiro atoms. The molecule has 2 amide bonds. The maximum atomic E-state index is 12.5. The number of amides is 2. The van der Waals surface area contributed by atoms with Gasteiger partial charge in [0.1, 0.15) is 0 Å². The van der Waals surface area contributed by atoms with Crippen LogP contribution in [-0.4, -0.2) is 22.0 Å². The van der Waals surface area contributed by atoms with Crippen LogP contribution < -0.4 is 10.6 Å². The highest BCUT2D eigenvalue weighted by atomic mass is 32.2. The summed E-state index contributed by atoms with van der Waals surface area (Å²) >= 11 is 1.57. The lowest BCUT2D eigenvalue weighted by molar-refractivity contribution is -0.115. The first-order valence-electron chi connectivity index (χ1n) is 9.36. The van der Waals surface area contributed by atoms with Gasteiger partial charge in [0.15, 0.2) is 0 Å². The molecule has 0 aliphatic heterocycles. The summed E-state index contributed by atoms with van der Waals surface area (Å²) in [7, 11) is 0. The van der Waals surface area contributed by atoms with Crippen LogP contribution in [0.3, 0.4) is 0 Å². The second-order valence-electron chi connectivity index (χ2n) is 6.51. The van der Waals surface area contributed by atoms with Gasteiger partial charge in [0, 0.05) is 23.2 Å². The van der Waals surface area contributed by atoms with Gasteiger partial charge in [-0.25, -0.2) is 0 Å². The van der Waals surface area contributed by atoms with Crippen molar-refractivity contribution in [3.63, 3.8) is 0 Å². The monoisotopic (exact) mass is 405 g/mol. The molecule has 1 unspecified atom stereocenters. The normalized spacial score (nSPS) is 11.5. The van der Waals surface area contributed by atoms with Gasteiger partial charge in [-0.05, 0) is 42.8 Å². The van der Waals surface area contributed by atoms with Gasteiger partial charge in [0.25, 0.3) is 5.91 Å². The Morgan fingerprint density at radius 3 is 2.55 bits per heavy atom. The summed E-state index contributed by atoms with van der Waals surface area (Å²) < 4.78 is 0. The smallest absolute Gasteiger partial charge is 0.251 e. The van der Waals surface area contributed by atoms with Crippen LogP contribution in [0.5, 0.6) is 0 Å². The number of hydrogen-bond donors (Lipinski definition) is 2. The van der Waals surface area contributed by atoms with Crippen LogP contribution in [0.1, 0.15) is 28.5 Å². The summed E-state index contributed by atoms with van der Waals surface area (Å²) in [5.41, 5.74) is 3.06. The van der Waals surface area contributed by atoms with E-state index in [9.17, 15) is 9.59 Å². The molecule has 1 heterocycles. The van der Waals surface area contributed by atoms with Crippen LogP contribution in [0.25, 0.3) is 0 Å². The molecule has 0 aliphatic carbocycles. The standard InChI is InChI=1S/C23H23N3O2S/c1-17(29-16-18-8-3-2-4-9-18)22(27)26-20-12-7-10-19(14-20)23(28)25-15-21-11-5-6-13-24-21/h2-14,17H,15-16H2,1H3,(H,25,28)(H,26,27). The maximum Gasteiger partial charge on any atom is 0.251 e. The molecule has 148 valence electrons. The highest BCUT2D eigenvalue weighted by Gasteiger charge is 2.14. The van der Waals surface area contributed by atoms with Crippen molar-refractivity contribution in [3.8, 4) is 0 Å². The first-order valence-corrected chi connectivity index (χ1v) is 10.4. The third-order valence-electron chi connectivity index (χ3n) is 4.26. The van der Waals surface area contributed by atoms with Crippen molar-refractivity contribution in [3.05, 3.63) is 95.8 Å². The van der Waals surface area contributed by atoms with E-state index >= 15 is 0 Å². The molecule has 1 atom stereocenters. The Kier molecular flexibility index (Phi) is 7.41. The summed E-state index contributed by atoms with van der Waals surface area (Å²) in [4.78, 5) is 29.1. The third kappa shape index (κ3) is 6.47. The molecule has 3 rings (SSSR count). The molecule has 1 aromatic heterocycles. The Balaban J connectivity index is 1.53. The zero-order valence-corrected chi connectivity index (χ0v) is 17.0. The fourth-order valence-corrected chi connectivity index (χ4v) is 3.47. The van der Waals surface area contributed by atoms with E-state index in [0.717, 1.165) is 11.4 Å². The Morgan fingerprint density at radius 1 is 1.00 bits per heavy atom. The molecule has 0 saturated heterocycles. The number of nitrogens with zero attached hydrogens (tertiary/aromatic N) is 1. The van der Waals surface area contributed by atoms with Crippen LogP contribution in [-0.2, 0) is 17.1 Å². The number of hydrogen-bond acceptors (Lipinski definition) is 4. The number of carbonyl (C=O) groups excluding carboxylic acids is 2. The Bertz CT molecular complexity index is 949. The first-order chi connectivity index (χ1) is 14.1. The Labute approximate surface area is 175 Å². The van der Waals surface area contributed by atoms with Gasteiger partial charge in [-0.1, -0.05) is 42.5 Å². The fourth-order valence-electron chi connectivity index (χ4n) is 2.63. The number of pyridine rings is 1. The lowest BCUT2D eigenvalue weighted by atomic mass is 10.2. The zero-order chi connectivity index (χ0) is 20.5. The minimum absolute atomic E-state index is 0.0861. The molecule has 0 aliphatic rings. The number of nitrogens with one attached hydrogen (secondary N) is 2. The summed E-state index contributed by atoms with van der Waals surface area (Å²) in [6.45, 7) is 2.23. The van der Waals surface area contributed by atoms with Crippen molar-refractivity contribution in [1.29, 1.82) is 0 Å². The van der Waals surface area contributed by atoms with Crippen LogP contribution >= 0.6 is 11.8 Å². The summed E-state index contributed by atoms with van der Waals surface area (Å²) in [5.74, 6) is 0.473. The van der Waals surface area contributed by atoms with Crippen molar-refractivity contribution in [2.24, 2.45) is 0 Å². The highest BCUT2D eigenvalue weighted by Crippen LogP contribution is 2.19. The van der Waals surface area contributed by atoms with E-state index in [0.29, 0.717) is 17.8 Å². The van der Waals surface area contributed by atoms with Crippen LogP contribution in [0.2, 0.25) is 0 Å². The zero-order valence-electron chi connectivity index (χ0n) is 16.2. The van der Waals surface area contributed by atoms with Gasteiger partial charge in [-0.3, -0.25) is 14.6 Å². The van der Waals surface area contributed by atoms with Crippen molar-refractivity contribution in [1.82, 2.24) is 10.3 Å². The molecule has 2 N–H and O–H groups in total. The SMILES string of the molecule is CC(SCc1ccccc1)C(=O)Nc1cccc(C(=O)NCc2ccccn2)c1. The highest BCUT2D eigenvalue weighted by molar-refractivity contribution is 7.99. The van der Waals surface area contributed by atoms with Gasteiger partial charge >= 0.3 is 0 Å². The third-order valence-corrected chi connectivity index (χ3v) is 5.47. The second-order valence-corrected chi connectivity index (χ2v) is 7.84.